The van der Waals surface area contributed by atoms with E-state index in [1.54, 1.807) is 43.3 Å². The quantitative estimate of drug-likeness (QED) is 0.353. The molecule has 1 atom stereocenters. The number of hydrogen-bond donors (Lipinski definition) is 1. The van der Waals surface area contributed by atoms with Crippen LogP contribution < -0.4 is 9.62 Å². The summed E-state index contributed by atoms with van der Waals surface area (Å²) in [5.74, 6) is -0.635. The van der Waals surface area contributed by atoms with Gasteiger partial charge < -0.3 is 10.2 Å². The minimum Gasteiger partial charge on any atom is -0.352 e. The van der Waals surface area contributed by atoms with Crippen LogP contribution in [0, 0.1) is 6.92 Å². The van der Waals surface area contributed by atoms with Crippen molar-refractivity contribution in [1.82, 2.24) is 10.2 Å². The molecule has 8 heteroatoms. The fraction of sp³-hybridized carbons (Fsp3) is 0.375. The molecule has 0 aromatic heterocycles. The number of nitrogens with zero attached hydrogens (tertiary/aromatic N) is 2. The van der Waals surface area contributed by atoms with Crippen molar-refractivity contribution in [3.05, 3.63) is 96.1 Å². The maximum atomic E-state index is 14.0. The summed E-state index contributed by atoms with van der Waals surface area (Å²) < 4.78 is 28.8. The van der Waals surface area contributed by atoms with Crippen molar-refractivity contribution >= 4 is 27.5 Å². The predicted octanol–water partition coefficient (Wildman–Crippen LogP) is 5.10. The van der Waals surface area contributed by atoms with Crippen molar-refractivity contribution in [2.24, 2.45) is 0 Å². The molecule has 1 saturated carbocycles. The highest BCUT2D eigenvalue weighted by Gasteiger charge is 2.33. The topological polar surface area (TPSA) is 86.8 Å². The number of hydrogen-bond acceptors (Lipinski definition) is 4. The van der Waals surface area contributed by atoms with Crippen LogP contribution >= 0.6 is 0 Å². The van der Waals surface area contributed by atoms with Gasteiger partial charge in [0.1, 0.15) is 12.6 Å². The van der Waals surface area contributed by atoms with E-state index in [1.165, 1.54) is 23.5 Å². The molecule has 0 radical (unpaired) electrons. The number of rotatable bonds is 11. The Morgan fingerprint density at radius 3 is 2.20 bits per heavy atom. The molecule has 1 aliphatic rings. The summed E-state index contributed by atoms with van der Waals surface area (Å²) in [5.41, 5.74) is 2.31. The van der Waals surface area contributed by atoms with E-state index >= 15 is 0 Å². The molecule has 2 amide bonds. The van der Waals surface area contributed by atoms with Gasteiger partial charge in [-0.2, -0.15) is 0 Å². The minimum absolute atomic E-state index is 0.100. The molecule has 1 unspecified atom stereocenters. The zero-order valence-electron chi connectivity index (χ0n) is 23.3. The van der Waals surface area contributed by atoms with Gasteiger partial charge in [0.15, 0.2) is 0 Å². The summed E-state index contributed by atoms with van der Waals surface area (Å²) in [4.78, 5) is 29.0. The number of carbonyl (C=O) groups excluding carboxylic acids is 2. The molecule has 1 aliphatic carbocycles. The molecule has 0 spiro atoms. The summed E-state index contributed by atoms with van der Waals surface area (Å²) in [6.45, 7) is 3.47. The van der Waals surface area contributed by atoms with Gasteiger partial charge in [0.2, 0.25) is 11.8 Å². The monoisotopic (exact) mass is 561 g/mol. The number of benzene rings is 3. The third-order valence-corrected chi connectivity index (χ3v) is 9.29. The van der Waals surface area contributed by atoms with Gasteiger partial charge in [-0.05, 0) is 68.5 Å². The van der Waals surface area contributed by atoms with Gasteiger partial charge in [0, 0.05) is 12.6 Å². The van der Waals surface area contributed by atoms with Gasteiger partial charge in [-0.3, -0.25) is 13.9 Å². The average Bonchev–Trinajstić information content (AvgIpc) is 2.97. The maximum Gasteiger partial charge on any atom is 0.264 e. The Hall–Kier alpha value is -3.65. The van der Waals surface area contributed by atoms with Crippen LogP contribution in [0.5, 0.6) is 0 Å². The highest BCUT2D eigenvalue weighted by atomic mass is 32.2. The molecule has 4 rings (SSSR count). The Morgan fingerprint density at radius 2 is 1.55 bits per heavy atom. The number of amides is 2. The van der Waals surface area contributed by atoms with Crippen molar-refractivity contribution in [3.63, 3.8) is 0 Å². The number of nitrogens with one attached hydrogen (secondary N) is 1. The Labute approximate surface area is 238 Å². The van der Waals surface area contributed by atoms with Crippen molar-refractivity contribution in [3.8, 4) is 0 Å². The van der Waals surface area contributed by atoms with E-state index in [0.717, 1.165) is 41.1 Å². The second-order valence-electron chi connectivity index (χ2n) is 10.5. The zero-order chi connectivity index (χ0) is 28.5. The minimum atomic E-state index is -4.05. The normalized spacial score (nSPS) is 14.8. The highest BCUT2D eigenvalue weighted by molar-refractivity contribution is 7.92. The van der Waals surface area contributed by atoms with Crippen molar-refractivity contribution in [2.75, 3.05) is 17.4 Å². The van der Waals surface area contributed by atoms with Gasteiger partial charge in [-0.1, -0.05) is 79.9 Å². The van der Waals surface area contributed by atoms with Crippen molar-refractivity contribution < 1.29 is 18.0 Å². The second-order valence-corrected chi connectivity index (χ2v) is 12.4. The second kappa shape index (κ2) is 13.6. The molecule has 0 aliphatic heterocycles. The fourth-order valence-corrected chi connectivity index (χ4v) is 6.60. The Kier molecular flexibility index (Phi) is 9.98. The summed E-state index contributed by atoms with van der Waals surface area (Å²) in [5, 5.41) is 3.14. The lowest BCUT2D eigenvalue weighted by Crippen LogP contribution is -2.53. The lowest BCUT2D eigenvalue weighted by Gasteiger charge is -2.33. The van der Waals surface area contributed by atoms with Gasteiger partial charge in [0.05, 0.1) is 10.6 Å². The molecular weight excluding hydrogens is 522 g/mol. The molecule has 40 heavy (non-hydrogen) atoms. The molecule has 0 saturated heterocycles. The first kappa shape index (κ1) is 29.3. The molecule has 7 nitrogen and oxygen atoms in total. The van der Waals surface area contributed by atoms with E-state index in [0.29, 0.717) is 12.1 Å². The third kappa shape index (κ3) is 7.50. The summed E-state index contributed by atoms with van der Waals surface area (Å²) in [6, 6.07) is 24.3. The molecule has 3 aromatic rings. The van der Waals surface area contributed by atoms with Crippen LogP contribution in [-0.2, 0) is 26.0 Å². The van der Waals surface area contributed by atoms with E-state index in [-0.39, 0.29) is 23.4 Å². The number of carbonyl (C=O) groups is 2. The Balaban J connectivity index is 1.62. The summed E-state index contributed by atoms with van der Waals surface area (Å²) in [7, 11) is -4.05. The Morgan fingerprint density at radius 1 is 0.900 bits per heavy atom. The fourth-order valence-electron chi connectivity index (χ4n) is 5.17. The Bertz CT molecular complexity index is 1370. The number of sulfonamides is 1. The predicted molar refractivity (Wildman–Crippen MR) is 158 cm³/mol. The van der Waals surface area contributed by atoms with Gasteiger partial charge >= 0.3 is 0 Å². The number of aryl methyl sites for hydroxylation is 1. The molecule has 0 heterocycles. The lowest BCUT2D eigenvalue weighted by molar-refractivity contribution is -0.139. The van der Waals surface area contributed by atoms with Crippen LogP contribution in [0.15, 0.2) is 89.8 Å². The largest absolute Gasteiger partial charge is 0.352 e. The first-order chi connectivity index (χ1) is 19.3. The van der Waals surface area contributed by atoms with E-state index in [9.17, 15) is 18.0 Å². The molecule has 212 valence electrons. The average molecular weight is 562 g/mol. The van der Waals surface area contributed by atoms with Gasteiger partial charge in [-0.15, -0.1) is 0 Å². The van der Waals surface area contributed by atoms with Crippen LogP contribution in [0.1, 0.15) is 50.2 Å². The zero-order valence-corrected chi connectivity index (χ0v) is 24.1. The van der Waals surface area contributed by atoms with E-state index in [2.05, 4.69) is 5.32 Å². The lowest BCUT2D eigenvalue weighted by atomic mass is 9.95. The van der Waals surface area contributed by atoms with Crippen LogP contribution in [0.3, 0.4) is 0 Å². The molecule has 1 fully saturated rings. The van der Waals surface area contributed by atoms with Crippen LogP contribution in [0.2, 0.25) is 0 Å². The maximum absolute atomic E-state index is 14.0. The molecular formula is C32H39N3O4S. The van der Waals surface area contributed by atoms with Gasteiger partial charge in [0.25, 0.3) is 10.0 Å². The first-order valence-corrected chi connectivity index (χ1v) is 15.5. The van der Waals surface area contributed by atoms with Crippen molar-refractivity contribution in [1.29, 1.82) is 0 Å². The summed E-state index contributed by atoms with van der Waals surface area (Å²) >= 11 is 0. The molecule has 3 aromatic carbocycles. The van der Waals surface area contributed by atoms with Crippen LogP contribution in [0.25, 0.3) is 0 Å². The van der Waals surface area contributed by atoms with E-state index in [1.807, 2.05) is 43.3 Å². The number of anilines is 1. The standard InChI is InChI=1S/C32H39N3O4S/c1-25-13-12-18-29(23-25)35(40(38,39)30-19-10-5-11-20-30)24-31(36)34(22-21-27-14-6-3-7-15-27)26(2)32(37)33-28-16-8-4-9-17-28/h3,5-7,10-15,18-20,23,26,28H,4,8-9,16-17,21-22,24H2,1-2H3,(H,33,37). The SMILES string of the molecule is Cc1cccc(N(CC(=O)N(CCc2ccccc2)C(C)C(=O)NC2CCCCC2)S(=O)(=O)c2ccccc2)c1. The first-order valence-electron chi connectivity index (χ1n) is 14.0. The summed E-state index contributed by atoms with van der Waals surface area (Å²) in [6.07, 6.45) is 5.76. The third-order valence-electron chi connectivity index (χ3n) is 7.50. The smallest absolute Gasteiger partial charge is 0.264 e. The van der Waals surface area contributed by atoms with Gasteiger partial charge in [-0.25, -0.2) is 8.42 Å². The molecule has 0 bridgehead atoms. The van der Waals surface area contributed by atoms with Crippen LogP contribution in [0.4, 0.5) is 5.69 Å². The molecule has 1 N–H and O–H groups in total. The van der Waals surface area contributed by atoms with E-state index in [4.69, 9.17) is 0 Å². The van der Waals surface area contributed by atoms with Crippen LogP contribution in [-0.4, -0.2) is 50.3 Å². The highest BCUT2D eigenvalue weighted by Crippen LogP contribution is 2.25. The van der Waals surface area contributed by atoms with Crippen molar-refractivity contribution in [2.45, 2.75) is 69.4 Å². The van der Waals surface area contributed by atoms with E-state index < -0.39 is 28.5 Å².